The third kappa shape index (κ3) is 5.97. The first-order valence-corrected chi connectivity index (χ1v) is 13.0. The molecule has 1 N–H and O–H groups in total. The van der Waals surface area contributed by atoms with E-state index >= 15 is 0 Å². The van der Waals surface area contributed by atoms with Crippen molar-refractivity contribution in [1.29, 1.82) is 0 Å². The number of rotatable bonds is 7. The standard InChI is InChI=1S/C29H38N2O2/c32-29(30-27-12-5-2-6-13-27)26-16-23(19-31(20-26)18-22-8-3-1-4-9-22)21-33-28-15-14-24-10-7-11-25(24)17-28/h1,3-4,8-9,14-15,17,23,26-27H,2,5-7,10-13,16,18-21H2,(H,30,32)/t23-,26+/m0/s1. The Morgan fingerprint density at radius 3 is 2.61 bits per heavy atom. The lowest BCUT2D eigenvalue weighted by Gasteiger charge is -2.38. The lowest BCUT2D eigenvalue weighted by atomic mass is 9.87. The number of carbonyl (C=O) groups is 1. The maximum atomic E-state index is 13.2. The van der Waals surface area contributed by atoms with E-state index < -0.39 is 0 Å². The monoisotopic (exact) mass is 446 g/mol. The summed E-state index contributed by atoms with van der Waals surface area (Å²) in [6.45, 7) is 3.39. The largest absolute Gasteiger partial charge is 0.493 e. The van der Waals surface area contributed by atoms with Crippen molar-refractivity contribution < 1.29 is 9.53 Å². The van der Waals surface area contributed by atoms with Crippen LogP contribution in [0.15, 0.2) is 48.5 Å². The van der Waals surface area contributed by atoms with E-state index in [9.17, 15) is 4.79 Å². The molecule has 2 aromatic carbocycles. The third-order valence-electron chi connectivity index (χ3n) is 7.74. The second-order valence-electron chi connectivity index (χ2n) is 10.4. The first kappa shape index (κ1) is 22.5. The van der Waals surface area contributed by atoms with Gasteiger partial charge in [0, 0.05) is 31.6 Å². The SMILES string of the molecule is O=C(NC1CCCCC1)[C@@H]1C[C@H](COc2ccc3c(c2)CCC3)CN(Cc2ccccc2)C1. The number of nitrogens with one attached hydrogen (secondary N) is 1. The van der Waals surface area contributed by atoms with Crippen molar-refractivity contribution in [3.8, 4) is 5.75 Å². The quantitative estimate of drug-likeness (QED) is 0.640. The lowest BCUT2D eigenvalue weighted by molar-refractivity contribution is -0.128. The van der Waals surface area contributed by atoms with Gasteiger partial charge in [0.25, 0.3) is 0 Å². The first-order valence-electron chi connectivity index (χ1n) is 13.0. The average molecular weight is 447 g/mol. The van der Waals surface area contributed by atoms with Gasteiger partial charge in [-0.3, -0.25) is 9.69 Å². The van der Waals surface area contributed by atoms with Gasteiger partial charge in [0.05, 0.1) is 12.5 Å². The van der Waals surface area contributed by atoms with Crippen molar-refractivity contribution >= 4 is 5.91 Å². The summed E-state index contributed by atoms with van der Waals surface area (Å²) in [6, 6.07) is 17.6. The maximum Gasteiger partial charge on any atom is 0.224 e. The molecule has 2 aromatic rings. The van der Waals surface area contributed by atoms with Crippen LogP contribution in [0.25, 0.3) is 0 Å². The Hall–Kier alpha value is -2.33. The van der Waals surface area contributed by atoms with Crippen LogP contribution in [0.2, 0.25) is 0 Å². The zero-order valence-corrected chi connectivity index (χ0v) is 19.8. The summed E-state index contributed by atoms with van der Waals surface area (Å²) < 4.78 is 6.29. The molecule has 4 heteroatoms. The number of aryl methyl sites for hydroxylation is 2. The van der Waals surface area contributed by atoms with Crippen molar-refractivity contribution in [2.24, 2.45) is 11.8 Å². The molecule has 1 heterocycles. The smallest absolute Gasteiger partial charge is 0.224 e. The van der Waals surface area contributed by atoms with Gasteiger partial charge in [-0.25, -0.2) is 0 Å². The molecule has 0 unspecified atom stereocenters. The average Bonchev–Trinajstić information content (AvgIpc) is 3.32. The maximum absolute atomic E-state index is 13.2. The van der Waals surface area contributed by atoms with Gasteiger partial charge in [-0.15, -0.1) is 0 Å². The van der Waals surface area contributed by atoms with Crippen LogP contribution in [0.1, 0.15) is 61.6 Å². The molecule has 1 saturated carbocycles. The van der Waals surface area contributed by atoms with Gasteiger partial charge in [0.15, 0.2) is 0 Å². The molecule has 1 amide bonds. The Morgan fingerprint density at radius 1 is 0.939 bits per heavy atom. The zero-order valence-electron chi connectivity index (χ0n) is 19.8. The normalized spacial score (nSPS) is 23.8. The van der Waals surface area contributed by atoms with Gasteiger partial charge in [0.1, 0.15) is 5.75 Å². The van der Waals surface area contributed by atoms with Crippen LogP contribution in [-0.2, 0) is 24.2 Å². The summed E-state index contributed by atoms with van der Waals surface area (Å²) in [5.74, 6) is 1.64. The van der Waals surface area contributed by atoms with Crippen LogP contribution in [0.4, 0.5) is 0 Å². The third-order valence-corrected chi connectivity index (χ3v) is 7.74. The molecule has 5 rings (SSSR count). The van der Waals surface area contributed by atoms with E-state index in [1.165, 1.54) is 55.2 Å². The van der Waals surface area contributed by atoms with Crippen LogP contribution >= 0.6 is 0 Å². The zero-order chi connectivity index (χ0) is 22.5. The number of hydrogen-bond donors (Lipinski definition) is 1. The number of amides is 1. The molecular formula is C29H38N2O2. The molecule has 0 aromatic heterocycles. The highest BCUT2D eigenvalue weighted by molar-refractivity contribution is 5.79. The fourth-order valence-electron chi connectivity index (χ4n) is 6.00. The molecule has 2 fully saturated rings. The number of ether oxygens (including phenoxy) is 1. The van der Waals surface area contributed by atoms with E-state index in [2.05, 4.69) is 58.7 Å². The predicted molar refractivity (Wildman–Crippen MR) is 132 cm³/mol. The second kappa shape index (κ2) is 10.7. The van der Waals surface area contributed by atoms with Gasteiger partial charge in [-0.2, -0.15) is 0 Å². The second-order valence-corrected chi connectivity index (χ2v) is 10.4. The summed E-state index contributed by atoms with van der Waals surface area (Å²) in [5.41, 5.74) is 4.24. The molecule has 0 radical (unpaired) electrons. The summed E-state index contributed by atoms with van der Waals surface area (Å²) in [7, 11) is 0. The van der Waals surface area contributed by atoms with Crippen molar-refractivity contribution in [2.75, 3.05) is 19.7 Å². The number of benzene rings is 2. The molecule has 3 aliphatic rings. The number of nitrogens with zero attached hydrogens (tertiary/aromatic N) is 1. The van der Waals surface area contributed by atoms with E-state index in [0.717, 1.165) is 44.6 Å². The van der Waals surface area contributed by atoms with Gasteiger partial charge in [0.2, 0.25) is 5.91 Å². The van der Waals surface area contributed by atoms with E-state index in [1.807, 2.05) is 0 Å². The molecule has 2 aliphatic carbocycles. The molecule has 2 atom stereocenters. The fraction of sp³-hybridized carbons (Fsp3) is 0.552. The summed E-state index contributed by atoms with van der Waals surface area (Å²) >= 11 is 0. The minimum Gasteiger partial charge on any atom is -0.493 e. The van der Waals surface area contributed by atoms with Crippen molar-refractivity contribution in [3.05, 3.63) is 65.2 Å². The number of hydrogen-bond acceptors (Lipinski definition) is 3. The van der Waals surface area contributed by atoms with E-state index in [4.69, 9.17) is 4.74 Å². The van der Waals surface area contributed by atoms with Crippen LogP contribution in [0, 0.1) is 11.8 Å². The highest BCUT2D eigenvalue weighted by Crippen LogP contribution is 2.29. The molecule has 0 bridgehead atoms. The fourth-order valence-corrected chi connectivity index (χ4v) is 6.00. The molecule has 1 saturated heterocycles. The number of likely N-dealkylation sites (tertiary alicyclic amines) is 1. The Labute approximate surface area is 198 Å². The minimum absolute atomic E-state index is 0.0398. The number of piperidine rings is 1. The first-order chi connectivity index (χ1) is 16.2. The molecule has 176 valence electrons. The van der Waals surface area contributed by atoms with Crippen LogP contribution in [-0.4, -0.2) is 36.5 Å². The predicted octanol–water partition coefficient (Wildman–Crippen LogP) is 5.14. The van der Waals surface area contributed by atoms with E-state index in [1.54, 1.807) is 0 Å². The number of fused-ring (bicyclic) bond motifs is 1. The van der Waals surface area contributed by atoms with E-state index in [-0.39, 0.29) is 11.8 Å². The summed E-state index contributed by atoms with van der Waals surface area (Å²) in [4.78, 5) is 15.7. The Bertz CT molecular complexity index is 922. The Morgan fingerprint density at radius 2 is 1.76 bits per heavy atom. The Kier molecular flexibility index (Phi) is 7.30. The highest BCUT2D eigenvalue weighted by atomic mass is 16.5. The van der Waals surface area contributed by atoms with Gasteiger partial charge in [-0.1, -0.05) is 55.7 Å². The summed E-state index contributed by atoms with van der Waals surface area (Å²) in [5, 5.41) is 3.39. The molecule has 0 spiro atoms. The summed E-state index contributed by atoms with van der Waals surface area (Å²) in [6.07, 6.45) is 10.6. The van der Waals surface area contributed by atoms with Crippen LogP contribution in [0.5, 0.6) is 5.75 Å². The molecule has 4 nitrogen and oxygen atoms in total. The molecule has 33 heavy (non-hydrogen) atoms. The Balaban J connectivity index is 1.23. The minimum atomic E-state index is 0.0398. The van der Waals surface area contributed by atoms with Gasteiger partial charge >= 0.3 is 0 Å². The molecular weight excluding hydrogens is 408 g/mol. The molecule has 1 aliphatic heterocycles. The topological polar surface area (TPSA) is 41.6 Å². The number of carbonyl (C=O) groups excluding carboxylic acids is 1. The van der Waals surface area contributed by atoms with Crippen LogP contribution in [0.3, 0.4) is 0 Å². The van der Waals surface area contributed by atoms with Gasteiger partial charge in [-0.05, 0) is 67.3 Å². The lowest BCUT2D eigenvalue weighted by Crippen LogP contribution is -2.49. The highest BCUT2D eigenvalue weighted by Gasteiger charge is 2.33. The van der Waals surface area contributed by atoms with Crippen molar-refractivity contribution in [1.82, 2.24) is 10.2 Å². The van der Waals surface area contributed by atoms with Crippen molar-refractivity contribution in [3.63, 3.8) is 0 Å². The van der Waals surface area contributed by atoms with Crippen molar-refractivity contribution in [2.45, 2.75) is 70.4 Å². The van der Waals surface area contributed by atoms with E-state index in [0.29, 0.717) is 18.6 Å². The van der Waals surface area contributed by atoms with Gasteiger partial charge < -0.3 is 10.1 Å². The van der Waals surface area contributed by atoms with Crippen LogP contribution < -0.4 is 10.1 Å².